The van der Waals surface area contributed by atoms with Crippen molar-refractivity contribution in [3.8, 4) is 23.0 Å². The van der Waals surface area contributed by atoms with E-state index in [-0.39, 0.29) is 6.04 Å². The maximum absolute atomic E-state index is 6.75. The molecule has 0 aliphatic carbocycles. The molecule has 6 rings (SSSR count). The fraction of sp³-hybridized carbons (Fsp3) is 0.241. The van der Waals surface area contributed by atoms with Gasteiger partial charge in [-0.3, -0.25) is 0 Å². The Balaban J connectivity index is 1.62. The van der Waals surface area contributed by atoms with Gasteiger partial charge in [0.15, 0.2) is 17.6 Å². The summed E-state index contributed by atoms with van der Waals surface area (Å²) >= 11 is 0. The van der Waals surface area contributed by atoms with Crippen molar-refractivity contribution >= 4 is 11.6 Å². The van der Waals surface area contributed by atoms with Crippen molar-refractivity contribution in [1.29, 1.82) is 0 Å². The van der Waals surface area contributed by atoms with Gasteiger partial charge in [0.25, 0.3) is 0 Å². The van der Waals surface area contributed by atoms with Gasteiger partial charge in [-0.15, -0.1) is 0 Å². The molecule has 4 aromatic rings. The van der Waals surface area contributed by atoms with Crippen LogP contribution in [0.2, 0.25) is 0 Å². The van der Waals surface area contributed by atoms with Crippen molar-refractivity contribution in [1.82, 2.24) is 14.8 Å². The number of methoxy groups -OCH3 is 2. The van der Waals surface area contributed by atoms with E-state index < -0.39 is 6.10 Å². The number of aryl methyl sites for hydroxylation is 1. The lowest BCUT2D eigenvalue weighted by atomic mass is 9.84. The number of nitrogens with zero attached hydrogens (tertiary/aromatic N) is 3. The fourth-order valence-electron chi connectivity index (χ4n) is 5.17. The first kappa shape index (κ1) is 23.0. The van der Waals surface area contributed by atoms with Crippen molar-refractivity contribution in [2.45, 2.75) is 26.0 Å². The minimum absolute atomic E-state index is 0.318. The van der Waals surface area contributed by atoms with Crippen LogP contribution >= 0.6 is 0 Å². The first-order valence-electron chi connectivity index (χ1n) is 12.2. The molecule has 0 saturated carbocycles. The van der Waals surface area contributed by atoms with E-state index in [0.29, 0.717) is 24.1 Å². The van der Waals surface area contributed by atoms with Gasteiger partial charge in [0.2, 0.25) is 5.95 Å². The van der Waals surface area contributed by atoms with Crippen molar-refractivity contribution in [3.05, 3.63) is 94.8 Å². The number of nitrogens with one attached hydrogen (secondary N) is 1. The zero-order valence-corrected chi connectivity index (χ0v) is 21.2. The second kappa shape index (κ2) is 9.20. The molecule has 2 atom stereocenters. The minimum atomic E-state index is -0.436. The average molecular weight is 497 g/mol. The third-order valence-corrected chi connectivity index (χ3v) is 6.79. The van der Waals surface area contributed by atoms with E-state index >= 15 is 0 Å². The van der Waals surface area contributed by atoms with E-state index in [9.17, 15) is 0 Å². The lowest BCUT2D eigenvalue weighted by Gasteiger charge is -2.39. The predicted molar refractivity (Wildman–Crippen MR) is 140 cm³/mol. The number of anilines is 1. The highest BCUT2D eigenvalue weighted by atomic mass is 16.5. The Morgan fingerprint density at radius 2 is 1.81 bits per heavy atom. The number of hydrogen-bond donors (Lipinski definition) is 1. The number of benzene rings is 3. The summed E-state index contributed by atoms with van der Waals surface area (Å²) in [5, 5.41) is 8.17. The molecule has 1 N–H and O–H groups in total. The van der Waals surface area contributed by atoms with Gasteiger partial charge in [-0.1, -0.05) is 35.9 Å². The first-order chi connectivity index (χ1) is 18.1. The van der Waals surface area contributed by atoms with E-state index in [4.69, 9.17) is 18.9 Å². The molecule has 8 heteroatoms. The molecule has 8 nitrogen and oxygen atoms in total. The van der Waals surface area contributed by atoms with Crippen LogP contribution in [0.15, 0.2) is 72.6 Å². The number of aromatic nitrogens is 3. The SMILES string of the molecule is CCOc1ccc(C2C3=C(Nc4ncnn42)c2cc(C)ccc2OC3c2ccccc2OC)cc1OC. The third-order valence-electron chi connectivity index (χ3n) is 6.79. The van der Waals surface area contributed by atoms with Gasteiger partial charge >= 0.3 is 0 Å². The monoisotopic (exact) mass is 496 g/mol. The number of ether oxygens (including phenoxy) is 4. The van der Waals surface area contributed by atoms with Gasteiger partial charge in [-0.05, 0) is 49.7 Å². The second-order valence-electron chi connectivity index (χ2n) is 8.97. The average Bonchev–Trinajstić information content (AvgIpc) is 3.40. The van der Waals surface area contributed by atoms with Crippen LogP contribution in [0.4, 0.5) is 5.95 Å². The molecule has 0 spiro atoms. The number of hydrogen-bond acceptors (Lipinski definition) is 7. The Labute approximate surface area is 215 Å². The van der Waals surface area contributed by atoms with Gasteiger partial charge in [-0.25, -0.2) is 4.68 Å². The van der Waals surface area contributed by atoms with Crippen molar-refractivity contribution in [2.75, 3.05) is 26.1 Å². The quantitative estimate of drug-likeness (QED) is 0.374. The Morgan fingerprint density at radius 3 is 2.62 bits per heavy atom. The summed E-state index contributed by atoms with van der Waals surface area (Å²) in [4.78, 5) is 4.53. The standard InChI is InChI=1S/C29H28N4O4/c1-5-36-23-13-11-18(15-24(23)35-4)27-25-26(32-29-30-16-31-33(27)29)20-14-17(2)10-12-22(20)37-28(25)19-8-6-7-9-21(19)34-3/h6-16,27-28H,5H2,1-4H3,(H,30,31,32). The molecule has 0 fully saturated rings. The van der Waals surface area contributed by atoms with Gasteiger partial charge in [-0.2, -0.15) is 10.1 Å². The highest BCUT2D eigenvalue weighted by molar-refractivity contribution is 5.85. The zero-order valence-electron chi connectivity index (χ0n) is 21.2. The molecule has 1 aromatic heterocycles. The number of rotatable bonds is 6. The Morgan fingerprint density at radius 1 is 0.973 bits per heavy atom. The topological polar surface area (TPSA) is 79.7 Å². The highest BCUT2D eigenvalue weighted by Crippen LogP contribution is 2.52. The third kappa shape index (κ3) is 3.76. The fourth-order valence-corrected chi connectivity index (χ4v) is 5.17. The van der Waals surface area contributed by atoms with Crippen molar-refractivity contribution in [2.24, 2.45) is 0 Å². The molecule has 188 valence electrons. The van der Waals surface area contributed by atoms with Crippen LogP contribution in [-0.4, -0.2) is 35.6 Å². The summed E-state index contributed by atoms with van der Waals surface area (Å²) in [5.41, 5.74) is 5.99. The summed E-state index contributed by atoms with van der Waals surface area (Å²) in [5.74, 6) is 3.55. The zero-order chi connectivity index (χ0) is 25.5. The normalized spacial score (nSPS) is 17.6. The van der Waals surface area contributed by atoms with Gasteiger partial charge in [0, 0.05) is 16.7 Å². The van der Waals surface area contributed by atoms with Crippen LogP contribution in [-0.2, 0) is 0 Å². The van der Waals surface area contributed by atoms with E-state index in [1.54, 1.807) is 20.5 Å². The van der Waals surface area contributed by atoms with Crippen molar-refractivity contribution < 1.29 is 18.9 Å². The van der Waals surface area contributed by atoms with Crippen LogP contribution in [0.1, 0.15) is 41.3 Å². The Hall–Kier alpha value is -4.46. The number of fused-ring (bicyclic) bond motifs is 3. The highest BCUT2D eigenvalue weighted by Gasteiger charge is 2.42. The van der Waals surface area contributed by atoms with E-state index in [1.807, 2.05) is 60.1 Å². The van der Waals surface area contributed by atoms with E-state index in [0.717, 1.165) is 45.0 Å². The molecule has 3 aromatic carbocycles. The minimum Gasteiger partial charge on any atom is -0.496 e. The molecular formula is C29H28N4O4. The van der Waals surface area contributed by atoms with E-state index in [2.05, 4.69) is 34.5 Å². The maximum atomic E-state index is 6.75. The molecule has 0 bridgehead atoms. The van der Waals surface area contributed by atoms with Crippen LogP contribution < -0.4 is 24.3 Å². The lowest BCUT2D eigenvalue weighted by Crippen LogP contribution is -2.32. The van der Waals surface area contributed by atoms with Crippen LogP contribution in [0.25, 0.3) is 5.70 Å². The summed E-state index contributed by atoms with van der Waals surface area (Å²) in [6, 6.07) is 19.8. The van der Waals surface area contributed by atoms with Gasteiger partial charge in [0.05, 0.1) is 26.5 Å². The summed E-state index contributed by atoms with van der Waals surface area (Å²) < 4.78 is 25.9. The molecule has 37 heavy (non-hydrogen) atoms. The first-order valence-corrected chi connectivity index (χ1v) is 12.2. The van der Waals surface area contributed by atoms with E-state index in [1.165, 1.54) is 0 Å². The smallest absolute Gasteiger partial charge is 0.226 e. The molecule has 0 saturated heterocycles. The predicted octanol–water partition coefficient (Wildman–Crippen LogP) is 5.56. The van der Waals surface area contributed by atoms with Crippen LogP contribution in [0, 0.1) is 6.92 Å². The van der Waals surface area contributed by atoms with Gasteiger partial charge in [0.1, 0.15) is 23.9 Å². The summed E-state index contributed by atoms with van der Waals surface area (Å²) in [6.07, 6.45) is 1.13. The summed E-state index contributed by atoms with van der Waals surface area (Å²) in [6.45, 7) is 4.58. The molecule has 0 amide bonds. The van der Waals surface area contributed by atoms with Gasteiger partial charge < -0.3 is 24.3 Å². The lowest BCUT2D eigenvalue weighted by molar-refractivity contribution is 0.217. The largest absolute Gasteiger partial charge is 0.496 e. The summed E-state index contributed by atoms with van der Waals surface area (Å²) in [7, 11) is 3.33. The molecule has 2 aliphatic heterocycles. The van der Waals surface area contributed by atoms with Crippen LogP contribution in [0.5, 0.6) is 23.0 Å². The molecular weight excluding hydrogens is 468 g/mol. The molecule has 2 aliphatic rings. The Bertz CT molecular complexity index is 1510. The van der Waals surface area contributed by atoms with Crippen LogP contribution in [0.3, 0.4) is 0 Å². The second-order valence-corrected chi connectivity index (χ2v) is 8.97. The van der Waals surface area contributed by atoms with Crippen molar-refractivity contribution in [3.63, 3.8) is 0 Å². The maximum Gasteiger partial charge on any atom is 0.226 e. The Kier molecular flexibility index (Phi) is 5.71. The molecule has 3 heterocycles. The molecule has 0 radical (unpaired) electrons. The molecule has 2 unspecified atom stereocenters. The number of para-hydroxylation sites is 1.